The van der Waals surface area contributed by atoms with E-state index >= 15 is 0 Å². The molecule has 0 spiro atoms. The van der Waals surface area contributed by atoms with Crippen LogP contribution in [0.4, 0.5) is 8.78 Å². The summed E-state index contributed by atoms with van der Waals surface area (Å²) in [6.45, 7) is -0.0185. The molecule has 0 radical (unpaired) electrons. The second kappa shape index (κ2) is 2.77. The summed E-state index contributed by atoms with van der Waals surface area (Å²) in [5, 5.41) is 0. The molecule has 1 aliphatic rings. The van der Waals surface area contributed by atoms with Crippen molar-refractivity contribution in [3.05, 3.63) is 0 Å². The van der Waals surface area contributed by atoms with Gasteiger partial charge in [0.2, 0.25) is 0 Å². The van der Waals surface area contributed by atoms with Crippen molar-refractivity contribution in [1.82, 2.24) is 0 Å². The summed E-state index contributed by atoms with van der Waals surface area (Å²) in [4.78, 5) is 0. The first-order valence-electron chi connectivity index (χ1n) is 2.30. The third-order valence-corrected chi connectivity index (χ3v) is 1.18. The van der Waals surface area contributed by atoms with Crippen LogP contribution >= 0.6 is 12.4 Å². The molecule has 56 valence electrons. The normalized spacial score (nSPS) is 22.7. The topological polar surface area (TPSA) is 35.2 Å². The summed E-state index contributed by atoms with van der Waals surface area (Å²) < 4.78 is 27.8. The molecule has 0 aromatic carbocycles. The molecule has 0 saturated carbocycles. The maximum atomic E-state index is 11.7. The van der Waals surface area contributed by atoms with E-state index < -0.39 is 12.0 Å². The van der Waals surface area contributed by atoms with Crippen molar-refractivity contribution in [2.75, 3.05) is 13.2 Å². The molecule has 0 aromatic heterocycles. The van der Waals surface area contributed by atoms with Gasteiger partial charge in [0, 0.05) is 0 Å². The number of alkyl halides is 2. The van der Waals surface area contributed by atoms with Crippen LogP contribution in [0.2, 0.25) is 0 Å². The van der Waals surface area contributed by atoms with Gasteiger partial charge in [-0.15, -0.1) is 12.4 Å². The lowest BCUT2D eigenvalue weighted by atomic mass is 10.0. The van der Waals surface area contributed by atoms with Crippen molar-refractivity contribution in [3.8, 4) is 0 Å². The van der Waals surface area contributed by atoms with Crippen molar-refractivity contribution in [2.45, 2.75) is 12.0 Å². The van der Waals surface area contributed by atoms with Crippen LogP contribution in [0.15, 0.2) is 0 Å². The largest absolute Gasteiger partial charge is 0.377 e. The van der Waals surface area contributed by atoms with Crippen LogP contribution in [0.5, 0.6) is 0 Å². The Balaban J connectivity index is 0.000000640. The highest BCUT2D eigenvalue weighted by molar-refractivity contribution is 5.85. The molecule has 9 heavy (non-hydrogen) atoms. The molecule has 5 heteroatoms. The van der Waals surface area contributed by atoms with Gasteiger partial charge < -0.3 is 10.5 Å². The molecule has 0 atom stereocenters. The minimum atomic E-state index is -2.45. The Kier molecular flexibility index (Phi) is 2.79. The lowest BCUT2D eigenvalue weighted by molar-refractivity contribution is -0.125. The highest BCUT2D eigenvalue weighted by Crippen LogP contribution is 2.20. The fourth-order valence-corrected chi connectivity index (χ4v) is 0.464. The number of halogens is 3. The lowest BCUT2D eigenvalue weighted by Gasteiger charge is -2.36. The molecule has 0 bridgehead atoms. The highest BCUT2D eigenvalue weighted by Gasteiger charge is 2.43. The molecule has 2 nitrogen and oxygen atoms in total. The van der Waals surface area contributed by atoms with Gasteiger partial charge in [0.05, 0.1) is 13.2 Å². The van der Waals surface area contributed by atoms with Gasteiger partial charge >= 0.3 is 0 Å². The summed E-state index contributed by atoms with van der Waals surface area (Å²) in [5.41, 5.74) is 3.74. The Morgan fingerprint density at radius 3 is 1.89 bits per heavy atom. The lowest BCUT2D eigenvalue weighted by Crippen LogP contribution is -2.62. The maximum absolute atomic E-state index is 11.7. The minimum Gasteiger partial charge on any atom is -0.377 e. The first-order chi connectivity index (χ1) is 3.65. The van der Waals surface area contributed by atoms with E-state index in [-0.39, 0.29) is 25.6 Å². The number of nitrogens with two attached hydrogens (primary N) is 1. The van der Waals surface area contributed by atoms with E-state index in [0.29, 0.717) is 0 Å². The minimum absolute atomic E-state index is 0. The molecule has 2 N–H and O–H groups in total. The fraction of sp³-hybridized carbons (Fsp3) is 1.00. The average molecular weight is 160 g/mol. The second-order valence-corrected chi connectivity index (χ2v) is 2.03. The van der Waals surface area contributed by atoms with Gasteiger partial charge in [0.1, 0.15) is 5.54 Å². The van der Waals surface area contributed by atoms with E-state index in [1.165, 1.54) is 0 Å². The first kappa shape index (κ1) is 9.07. The summed E-state index contributed by atoms with van der Waals surface area (Å²) in [5.74, 6) is 0. The van der Waals surface area contributed by atoms with E-state index in [9.17, 15) is 8.78 Å². The Bertz CT molecular complexity index is 96.6. The van der Waals surface area contributed by atoms with Gasteiger partial charge in [-0.1, -0.05) is 0 Å². The molecule has 0 amide bonds. The molecular weight excluding hydrogens is 151 g/mol. The van der Waals surface area contributed by atoms with Gasteiger partial charge in [0.25, 0.3) is 6.43 Å². The van der Waals surface area contributed by atoms with Crippen molar-refractivity contribution in [1.29, 1.82) is 0 Å². The monoisotopic (exact) mass is 159 g/mol. The zero-order chi connectivity index (χ0) is 6.20. The Hall–Kier alpha value is 0.0700. The summed E-state index contributed by atoms with van der Waals surface area (Å²) in [7, 11) is 0. The smallest absolute Gasteiger partial charge is 0.260 e. The quantitative estimate of drug-likeness (QED) is 0.601. The molecule has 1 fully saturated rings. The fourth-order valence-electron chi connectivity index (χ4n) is 0.464. The molecule has 1 saturated heterocycles. The van der Waals surface area contributed by atoms with E-state index in [4.69, 9.17) is 5.73 Å². The average Bonchev–Trinajstić information content (AvgIpc) is 1.60. The predicted octanol–water partition coefficient (Wildman–Crippen LogP) is 0.401. The molecule has 0 unspecified atom stereocenters. The van der Waals surface area contributed by atoms with Crippen LogP contribution in [0.25, 0.3) is 0 Å². The van der Waals surface area contributed by atoms with Gasteiger partial charge in [-0.25, -0.2) is 8.78 Å². The highest BCUT2D eigenvalue weighted by atomic mass is 35.5. The zero-order valence-electron chi connectivity index (χ0n) is 4.64. The second-order valence-electron chi connectivity index (χ2n) is 2.03. The van der Waals surface area contributed by atoms with Crippen LogP contribution in [-0.2, 0) is 4.74 Å². The van der Waals surface area contributed by atoms with Crippen LogP contribution in [-0.4, -0.2) is 25.2 Å². The number of rotatable bonds is 1. The third kappa shape index (κ3) is 1.50. The molecule has 0 aromatic rings. The van der Waals surface area contributed by atoms with Crippen molar-refractivity contribution < 1.29 is 13.5 Å². The number of ether oxygens (including phenoxy) is 1. The molecule has 0 aliphatic carbocycles. The summed E-state index contributed by atoms with van der Waals surface area (Å²) in [6.07, 6.45) is -2.45. The molecule has 1 rings (SSSR count). The van der Waals surface area contributed by atoms with E-state index in [0.717, 1.165) is 0 Å². The standard InChI is InChI=1S/C4H7F2NO.ClH/c5-3(6)4(7)1-8-2-4;/h3H,1-2,7H2;1H. The molecule has 1 heterocycles. The zero-order valence-corrected chi connectivity index (χ0v) is 5.46. The number of hydrogen-bond acceptors (Lipinski definition) is 2. The Labute approximate surface area is 57.8 Å². The van der Waals surface area contributed by atoms with Crippen LogP contribution in [0.1, 0.15) is 0 Å². The predicted molar refractivity (Wildman–Crippen MR) is 31.0 cm³/mol. The summed E-state index contributed by atoms with van der Waals surface area (Å²) in [6, 6.07) is 0. The van der Waals surface area contributed by atoms with Crippen molar-refractivity contribution in [2.24, 2.45) is 5.73 Å². The van der Waals surface area contributed by atoms with Crippen molar-refractivity contribution >= 4 is 12.4 Å². The van der Waals surface area contributed by atoms with Gasteiger partial charge in [-0.05, 0) is 0 Å². The Morgan fingerprint density at radius 1 is 1.44 bits per heavy atom. The molecular formula is C4H8ClF2NO. The Morgan fingerprint density at radius 2 is 1.89 bits per heavy atom. The maximum Gasteiger partial charge on any atom is 0.260 e. The van der Waals surface area contributed by atoms with Gasteiger partial charge in [-0.2, -0.15) is 0 Å². The first-order valence-corrected chi connectivity index (χ1v) is 2.30. The van der Waals surface area contributed by atoms with E-state index in [2.05, 4.69) is 4.74 Å². The van der Waals surface area contributed by atoms with Crippen molar-refractivity contribution in [3.63, 3.8) is 0 Å². The van der Waals surface area contributed by atoms with Crippen LogP contribution in [0.3, 0.4) is 0 Å². The van der Waals surface area contributed by atoms with Crippen LogP contribution < -0.4 is 5.73 Å². The SMILES string of the molecule is Cl.NC1(C(F)F)COC1. The number of hydrogen-bond donors (Lipinski definition) is 1. The van der Waals surface area contributed by atoms with Crippen LogP contribution in [0, 0.1) is 0 Å². The van der Waals surface area contributed by atoms with Gasteiger partial charge in [-0.3, -0.25) is 0 Å². The molecule has 1 aliphatic heterocycles. The van der Waals surface area contributed by atoms with E-state index in [1.54, 1.807) is 0 Å². The van der Waals surface area contributed by atoms with Gasteiger partial charge in [0.15, 0.2) is 0 Å². The third-order valence-electron chi connectivity index (χ3n) is 1.18. The van der Waals surface area contributed by atoms with E-state index in [1.807, 2.05) is 0 Å². The summed E-state index contributed by atoms with van der Waals surface area (Å²) >= 11 is 0.